The maximum atomic E-state index is 5.46. The molecule has 0 saturated carbocycles. The fourth-order valence-electron chi connectivity index (χ4n) is 0.955. The van der Waals surface area contributed by atoms with E-state index < -0.39 is 0 Å². The van der Waals surface area contributed by atoms with Crippen molar-refractivity contribution in [2.45, 2.75) is 40.2 Å². The van der Waals surface area contributed by atoms with Gasteiger partial charge in [-0.05, 0) is 5.92 Å². The molecule has 0 aliphatic carbocycles. The number of rotatable bonds is 3. The van der Waals surface area contributed by atoms with E-state index in [2.05, 4.69) is 34.6 Å². The van der Waals surface area contributed by atoms with Gasteiger partial charge in [-0.25, -0.2) is 0 Å². The van der Waals surface area contributed by atoms with Crippen LogP contribution in [0, 0.1) is 5.92 Å². The van der Waals surface area contributed by atoms with Crippen LogP contribution < -0.4 is 9.30 Å². The van der Waals surface area contributed by atoms with Crippen LogP contribution in [0.2, 0.25) is 0 Å². The third kappa shape index (κ3) is 3.05. The SMILES string of the molecule is CC(C)COc1c[n+](C(C)(C)C)co1. The van der Waals surface area contributed by atoms with Crippen LogP contribution in [0.15, 0.2) is 17.0 Å². The lowest BCUT2D eigenvalue weighted by Crippen LogP contribution is -2.48. The number of hydrogen-bond acceptors (Lipinski definition) is 2. The van der Waals surface area contributed by atoms with Gasteiger partial charge in [0.1, 0.15) is 0 Å². The molecule has 0 atom stereocenters. The second-order valence-corrected chi connectivity index (χ2v) is 4.95. The Labute approximate surface area is 85.7 Å². The maximum absolute atomic E-state index is 5.46. The molecule has 0 aliphatic heterocycles. The van der Waals surface area contributed by atoms with Crippen LogP contribution in [0.1, 0.15) is 34.6 Å². The van der Waals surface area contributed by atoms with Gasteiger partial charge in [-0.3, -0.25) is 0 Å². The largest absolute Gasteiger partial charge is 0.460 e. The summed E-state index contributed by atoms with van der Waals surface area (Å²) in [6.07, 6.45) is 3.58. The normalized spacial score (nSPS) is 12.1. The Morgan fingerprint density at radius 3 is 2.50 bits per heavy atom. The fraction of sp³-hybridized carbons (Fsp3) is 0.727. The summed E-state index contributed by atoms with van der Waals surface area (Å²) in [5, 5.41) is 0. The minimum Gasteiger partial charge on any atom is -0.460 e. The van der Waals surface area contributed by atoms with Crippen molar-refractivity contribution in [3.05, 3.63) is 12.6 Å². The Kier molecular flexibility index (Phi) is 3.19. The van der Waals surface area contributed by atoms with Gasteiger partial charge in [0.2, 0.25) is 0 Å². The fourth-order valence-corrected chi connectivity index (χ4v) is 0.955. The zero-order valence-corrected chi connectivity index (χ0v) is 9.70. The first-order valence-corrected chi connectivity index (χ1v) is 5.02. The lowest BCUT2D eigenvalue weighted by atomic mass is 10.1. The first-order chi connectivity index (χ1) is 6.39. The molecule has 3 nitrogen and oxygen atoms in total. The molecule has 0 N–H and O–H groups in total. The number of nitrogens with zero attached hydrogens (tertiary/aromatic N) is 1. The van der Waals surface area contributed by atoms with Crippen LogP contribution in [0.4, 0.5) is 0 Å². The molecule has 1 rings (SSSR count). The summed E-state index contributed by atoms with van der Waals surface area (Å²) in [6, 6.07) is 0. The van der Waals surface area contributed by atoms with Crippen LogP contribution in [0.5, 0.6) is 5.95 Å². The molecule has 3 heteroatoms. The van der Waals surface area contributed by atoms with E-state index in [1.165, 1.54) is 0 Å². The molecule has 0 fully saturated rings. The Bertz CT molecular complexity index is 284. The first-order valence-electron chi connectivity index (χ1n) is 5.02. The second-order valence-electron chi connectivity index (χ2n) is 4.95. The van der Waals surface area contributed by atoms with Crippen molar-refractivity contribution in [3.8, 4) is 5.95 Å². The highest BCUT2D eigenvalue weighted by Gasteiger charge is 2.24. The van der Waals surface area contributed by atoms with Gasteiger partial charge in [0.05, 0.1) is 6.61 Å². The van der Waals surface area contributed by atoms with Crippen LogP contribution in [0.25, 0.3) is 0 Å². The molecular formula is C11H20NO2+. The summed E-state index contributed by atoms with van der Waals surface area (Å²) in [7, 11) is 0. The molecule has 0 aromatic carbocycles. The Balaban J connectivity index is 2.60. The van der Waals surface area contributed by atoms with Crippen molar-refractivity contribution in [1.82, 2.24) is 0 Å². The van der Waals surface area contributed by atoms with Crippen molar-refractivity contribution in [2.75, 3.05) is 6.61 Å². The van der Waals surface area contributed by atoms with Gasteiger partial charge in [-0.15, -0.1) is 0 Å². The third-order valence-electron chi connectivity index (χ3n) is 1.86. The van der Waals surface area contributed by atoms with Gasteiger partial charge >= 0.3 is 12.3 Å². The van der Waals surface area contributed by atoms with Crippen molar-refractivity contribution < 1.29 is 13.7 Å². The molecule has 0 saturated heterocycles. The molecule has 0 spiro atoms. The molecule has 0 amide bonds. The molecule has 0 aliphatic rings. The average Bonchev–Trinajstić information content (AvgIpc) is 2.47. The Morgan fingerprint density at radius 1 is 1.43 bits per heavy atom. The Morgan fingerprint density at radius 2 is 2.07 bits per heavy atom. The van der Waals surface area contributed by atoms with Crippen LogP contribution >= 0.6 is 0 Å². The smallest absolute Gasteiger partial charge is 0.356 e. The molecule has 1 aromatic rings. The number of oxazole rings is 1. The zero-order valence-electron chi connectivity index (χ0n) is 9.70. The molecule has 1 heterocycles. The van der Waals surface area contributed by atoms with E-state index >= 15 is 0 Å². The third-order valence-corrected chi connectivity index (χ3v) is 1.86. The van der Waals surface area contributed by atoms with E-state index in [0.29, 0.717) is 18.5 Å². The molecule has 1 aromatic heterocycles. The van der Waals surface area contributed by atoms with E-state index in [1.807, 2.05) is 10.8 Å². The van der Waals surface area contributed by atoms with E-state index in [0.717, 1.165) is 0 Å². The summed E-state index contributed by atoms with van der Waals surface area (Å²) in [5.74, 6) is 1.11. The molecule has 80 valence electrons. The molecular weight excluding hydrogens is 178 g/mol. The van der Waals surface area contributed by atoms with E-state index in [1.54, 1.807) is 6.39 Å². The van der Waals surface area contributed by atoms with Crippen molar-refractivity contribution >= 4 is 0 Å². The van der Waals surface area contributed by atoms with E-state index in [4.69, 9.17) is 9.15 Å². The van der Waals surface area contributed by atoms with Gasteiger partial charge in [0.25, 0.3) is 6.20 Å². The summed E-state index contributed by atoms with van der Waals surface area (Å²) < 4.78 is 12.7. The predicted octanol–water partition coefficient (Wildman–Crippen LogP) is 2.36. The van der Waals surface area contributed by atoms with Crippen LogP contribution in [-0.4, -0.2) is 6.61 Å². The second kappa shape index (κ2) is 4.03. The van der Waals surface area contributed by atoms with Crippen molar-refractivity contribution in [3.63, 3.8) is 0 Å². The first kappa shape index (κ1) is 11.1. The number of ether oxygens (including phenoxy) is 1. The van der Waals surface area contributed by atoms with Crippen molar-refractivity contribution in [1.29, 1.82) is 0 Å². The molecule has 14 heavy (non-hydrogen) atoms. The highest BCUT2D eigenvalue weighted by Crippen LogP contribution is 2.12. The summed E-state index contributed by atoms with van der Waals surface area (Å²) >= 11 is 0. The van der Waals surface area contributed by atoms with Crippen LogP contribution in [0.3, 0.4) is 0 Å². The Hall–Kier alpha value is -0.990. The summed E-state index contributed by atoms with van der Waals surface area (Å²) in [6.45, 7) is 11.3. The topological polar surface area (TPSA) is 26.2 Å². The van der Waals surface area contributed by atoms with Gasteiger partial charge in [0, 0.05) is 20.8 Å². The lowest BCUT2D eigenvalue weighted by Gasteiger charge is -2.07. The number of aromatic nitrogens is 1. The minimum absolute atomic E-state index is 0.0446. The number of hydrogen-bond donors (Lipinski definition) is 0. The standard InChI is InChI=1S/C11H20NO2/c1-9(2)7-13-10-6-12(8-14-10)11(3,4)5/h6,8-9H,7H2,1-5H3/q+1. The van der Waals surface area contributed by atoms with Gasteiger partial charge < -0.3 is 9.15 Å². The highest BCUT2D eigenvalue weighted by atomic mass is 16.6. The summed E-state index contributed by atoms with van der Waals surface area (Å²) in [5.41, 5.74) is 0.0446. The van der Waals surface area contributed by atoms with E-state index in [-0.39, 0.29) is 5.54 Å². The van der Waals surface area contributed by atoms with Crippen molar-refractivity contribution in [2.24, 2.45) is 5.92 Å². The molecule has 0 radical (unpaired) electrons. The van der Waals surface area contributed by atoms with Gasteiger partial charge in [-0.2, -0.15) is 4.57 Å². The summed E-state index contributed by atoms with van der Waals surface area (Å²) in [4.78, 5) is 0. The van der Waals surface area contributed by atoms with Crippen LogP contribution in [-0.2, 0) is 5.54 Å². The quantitative estimate of drug-likeness (QED) is 0.697. The highest BCUT2D eigenvalue weighted by molar-refractivity contribution is 4.90. The maximum Gasteiger partial charge on any atom is 0.356 e. The average molecular weight is 198 g/mol. The monoisotopic (exact) mass is 198 g/mol. The van der Waals surface area contributed by atoms with E-state index in [9.17, 15) is 0 Å². The van der Waals surface area contributed by atoms with Gasteiger partial charge in [0.15, 0.2) is 5.54 Å². The minimum atomic E-state index is 0.0446. The zero-order chi connectivity index (χ0) is 10.8. The molecule has 0 bridgehead atoms. The predicted molar refractivity (Wildman–Crippen MR) is 54.2 cm³/mol. The molecule has 0 unspecified atom stereocenters. The lowest BCUT2D eigenvalue weighted by molar-refractivity contribution is -0.756. The van der Waals surface area contributed by atoms with Gasteiger partial charge in [-0.1, -0.05) is 13.8 Å².